The number of carbonyl (C=O) groups excluding carboxylic acids is 1. The summed E-state index contributed by atoms with van der Waals surface area (Å²) in [5, 5.41) is 2.75. The molecule has 1 aromatic heterocycles. The van der Waals surface area contributed by atoms with Gasteiger partial charge in [0.05, 0.1) is 23.3 Å². The number of carbonyl (C=O) groups is 1. The minimum Gasteiger partial charge on any atom is -0.345 e. The summed E-state index contributed by atoms with van der Waals surface area (Å²) in [4.78, 5) is 19.7. The number of imidazole rings is 1. The van der Waals surface area contributed by atoms with Crippen LogP contribution in [-0.4, -0.2) is 31.3 Å². The van der Waals surface area contributed by atoms with Crippen LogP contribution in [0.5, 0.6) is 0 Å². The third kappa shape index (κ3) is 3.98. The molecule has 3 rings (SSSR count). The van der Waals surface area contributed by atoms with E-state index in [1.54, 1.807) is 6.20 Å². The minimum atomic E-state index is -3.52. The first-order valence-corrected chi connectivity index (χ1v) is 9.39. The molecule has 7 nitrogen and oxygen atoms in total. The first kappa shape index (κ1) is 17.8. The molecule has 0 aliphatic rings. The molecule has 26 heavy (non-hydrogen) atoms. The van der Waals surface area contributed by atoms with Crippen LogP contribution in [0.4, 0.5) is 0 Å². The maximum Gasteiger partial charge on any atom is 0.251 e. The van der Waals surface area contributed by atoms with Crippen molar-refractivity contribution >= 4 is 15.9 Å². The van der Waals surface area contributed by atoms with Crippen molar-refractivity contribution in [2.75, 3.05) is 7.05 Å². The highest BCUT2D eigenvalue weighted by atomic mass is 32.2. The summed E-state index contributed by atoms with van der Waals surface area (Å²) < 4.78 is 25.6. The standard InChI is InChI=1S/C18H18N4O3S/c1-19-26(24,25)15-9-7-14(8-10-15)18(23)21-12-17-20-11-16(22-17)13-5-3-2-4-6-13/h2-11,19H,12H2,1H3,(H,20,22)(H,21,23). The van der Waals surface area contributed by atoms with Gasteiger partial charge >= 0.3 is 0 Å². The van der Waals surface area contributed by atoms with Gasteiger partial charge in [0.2, 0.25) is 10.0 Å². The van der Waals surface area contributed by atoms with Crippen molar-refractivity contribution in [3.8, 4) is 11.3 Å². The number of hydrogen-bond donors (Lipinski definition) is 3. The quantitative estimate of drug-likeness (QED) is 0.616. The van der Waals surface area contributed by atoms with Crippen molar-refractivity contribution in [3.05, 3.63) is 72.2 Å². The number of sulfonamides is 1. The molecule has 2 aromatic carbocycles. The number of hydrogen-bond acceptors (Lipinski definition) is 4. The van der Waals surface area contributed by atoms with Crippen molar-refractivity contribution in [1.82, 2.24) is 20.0 Å². The van der Waals surface area contributed by atoms with Gasteiger partial charge in [-0.25, -0.2) is 18.1 Å². The second-order valence-electron chi connectivity index (χ2n) is 5.52. The molecule has 0 spiro atoms. The van der Waals surface area contributed by atoms with Gasteiger partial charge in [0.25, 0.3) is 5.91 Å². The van der Waals surface area contributed by atoms with E-state index in [2.05, 4.69) is 20.0 Å². The lowest BCUT2D eigenvalue weighted by Crippen LogP contribution is -2.23. The molecule has 0 bridgehead atoms. The largest absolute Gasteiger partial charge is 0.345 e. The number of nitrogens with zero attached hydrogens (tertiary/aromatic N) is 1. The lowest BCUT2D eigenvalue weighted by molar-refractivity contribution is 0.0950. The van der Waals surface area contributed by atoms with Gasteiger partial charge in [0, 0.05) is 5.56 Å². The van der Waals surface area contributed by atoms with Gasteiger partial charge in [-0.1, -0.05) is 30.3 Å². The first-order valence-electron chi connectivity index (χ1n) is 7.91. The SMILES string of the molecule is CNS(=O)(=O)c1ccc(C(=O)NCc2ncc(-c3ccccc3)[nH]2)cc1. The molecule has 8 heteroatoms. The molecule has 0 aliphatic carbocycles. The van der Waals surface area contributed by atoms with Crippen molar-refractivity contribution in [2.24, 2.45) is 0 Å². The van der Waals surface area contributed by atoms with Gasteiger partial charge in [-0.3, -0.25) is 4.79 Å². The van der Waals surface area contributed by atoms with Crippen LogP contribution < -0.4 is 10.0 Å². The molecule has 0 aliphatic heterocycles. The third-order valence-electron chi connectivity index (χ3n) is 3.83. The summed E-state index contributed by atoms with van der Waals surface area (Å²) in [5.74, 6) is 0.322. The fourth-order valence-corrected chi connectivity index (χ4v) is 3.12. The summed E-state index contributed by atoms with van der Waals surface area (Å²) in [6.45, 7) is 0.238. The van der Waals surface area contributed by atoms with E-state index in [1.807, 2.05) is 30.3 Å². The fourth-order valence-electron chi connectivity index (χ4n) is 2.39. The Kier molecular flexibility index (Phi) is 5.15. The number of nitrogens with one attached hydrogen (secondary N) is 3. The zero-order chi connectivity index (χ0) is 18.6. The number of rotatable bonds is 6. The van der Waals surface area contributed by atoms with Crippen molar-refractivity contribution in [1.29, 1.82) is 0 Å². The van der Waals surface area contributed by atoms with Crippen LogP contribution in [0.1, 0.15) is 16.2 Å². The predicted octanol–water partition coefficient (Wildman–Crippen LogP) is 1.91. The predicted molar refractivity (Wildman–Crippen MR) is 97.9 cm³/mol. The number of aromatic nitrogens is 2. The van der Waals surface area contributed by atoms with Crippen LogP contribution in [0.15, 0.2) is 65.7 Å². The highest BCUT2D eigenvalue weighted by Gasteiger charge is 2.13. The van der Waals surface area contributed by atoms with Crippen molar-refractivity contribution < 1.29 is 13.2 Å². The monoisotopic (exact) mass is 370 g/mol. The second-order valence-corrected chi connectivity index (χ2v) is 7.41. The topological polar surface area (TPSA) is 104 Å². The van der Waals surface area contributed by atoms with Gasteiger partial charge in [-0.2, -0.15) is 0 Å². The highest BCUT2D eigenvalue weighted by molar-refractivity contribution is 7.89. The summed E-state index contributed by atoms with van der Waals surface area (Å²) >= 11 is 0. The fraction of sp³-hybridized carbons (Fsp3) is 0.111. The Bertz CT molecular complexity index is 996. The van der Waals surface area contributed by atoms with Crippen LogP contribution in [0, 0.1) is 0 Å². The van der Waals surface area contributed by atoms with Crippen LogP contribution in [0.2, 0.25) is 0 Å². The Labute approximate surface area is 151 Å². The second kappa shape index (κ2) is 7.51. The molecule has 3 aromatic rings. The van der Waals surface area contributed by atoms with Crippen LogP contribution in [0.3, 0.4) is 0 Å². The number of amides is 1. The molecule has 134 valence electrons. The van der Waals surface area contributed by atoms with Gasteiger partial charge in [0.15, 0.2) is 0 Å². The highest BCUT2D eigenvalue weighted by Crippen LogP contribution is 2.16. The van der Waals surface area contributed by atoms with E-state index >= 15 is 0 Å². The van der Waals surface area contributed by atoms with E-state index in [-0.39, 0.29) is 17.3 Å². The average molecular weight is 370 g/mol. The van der Waals surface area contributed by atoms with Crippen LogP contribution in [-0.2, 0) is 16.6 Å². The Morgan fingerprint density at radius 1 is 1.08 bits per heavy atom. The number of aromatic amines is 1. The summed E-state index contributed by atoms with van der Waals surface area (Å²) in [6, 6.07) is 15.5. The van der Waals surface area contributed by atoms with Crippen LogP contribution >= 0.6 is 0 Å². The third-order valence-corrected chi connectivity index (χ3v) is 5.26. The molecule has 0 atom stereocenters. The molecule has 1 heterocycles. The van der Waals surface area contributed by atoms with E-state index in [0.717, 1.165) is 11.3 Å². The van der Waals surface area contributed by atoms with Crippen molar-refractivity contribution in [3.63, 3.8) is 0 Å². The van der Waals surface area contributed by atoms with Crippen molar-refractivity contribution in [2.45, 2.75) is 11.4 Å². The summed E-state index contributed by atoms with van der Waals surface area (Å²) in [6.07, 6.45) is 1.72. The average Bonchev–Trinajstić information content (AvgIpc) is 3.16. The number of H-pyrrole nitrogens is 1. The zero-order valence-corrected chi connectivity index (χ0v) is 14.9. The maximum absolute atomic E-state index is 12.2. The lowest BCUT2D eigenvalue weighted by atomic mass is 10.2. The zero-order valence-electron chi connectivity index (χ0n) is 14.1. The molecule has 3 N–H and O–H groups in total. The van der Waals surface area contributed by atoms with E-state index < -0.39 is 10.0 Å². The van der Waals surface area contributed by atoms with Gasteiger partial charge in [0.1, 0.15) is 5.82 Å². The van der Waals surface area contributed by atoms with E-state index in [1.165, 1.54) is 31.3 Å². The van der Waals surface area contributed by atoms with Gasteiger partial charge in [-0.05, 0) is 36.9 Å². The van der Waals surface area contributed by atoms with Crippen LogP contribution in [0.25, 0.3) is 11.3 Å². The molecular formula is C18H18N4O3S. The first-order chi connectivity index (χ1) is 12.5. The Morgan fingerprint density at radius 3 is 2.42 bits per heavy atom. The Morgan fingerprint density at radius 2 is 1.77 bits per heavy atom. The smallest absolute Gasteiger partial charge is 0.251 e. The Balaban J connectivity index is 1.63. The minimum absolute atomic E-state index is 0.107. The molecule has 0 saturated carbocycles. The summed E-state index contributed by atoms with van der Waals surface area (Å²) in [5.41, 5.74) is 2.25. The maximum atomic E-state index is 12.2. The molecular weight excluding hydrogens is 352 g/mol. The summed E-state index contributed by atoms with van der Waals surface area (Å²) in [7, 11) is -2.18. The molecule has 1 amide bonds. The number of benzene rings is 2. The molecule has 0 radical (unpaired) electrons. The van der Waals surface area contributed by atoms with E-state index in [9.17, 15) is 13.2 Å². The molecule has 0 saturated heterocycles. The Hall–Kier alpha value is -2.97. The van der Waals surface area contributed by atoms with E-state index in [4.69, 9.17) is 0 Å². The molecule has 0 fully saturated rings. The lowest BCUT2D eigenvalue weighted by Gasteiger charge is -2.05. The van der Waals surface area contributed by atoms with Gasteiger partial charge in [-0.15, -0.1) is 0 Å². The van der Waals surface area contributed by atoms with E-state index in [0.29, 0.717) is 11.4 Å². The molecule has 0 unspecified atom stereocenters. The normalized spacial score (nSPS) is 11.3. The van der Waals surface area contributed by atoms with Gasteiger partial charge < -0.3 is 10.3 Å².